The molecule has 3 amide bonds. The van der Waals surface area contributed by atoms with E-state index < -0.39 is 11.6 Å². The predicted molar refractivity (Wildman–Crippen MR) is 206 cm³/mol. The van der Waals surface area contributed by atoms with Gasteiger partial charge in [0.1, 0.15) is 0 Å². The second kappa shape index (κ2) is 21.8. The summed E-state index contributed by atoms with van der Waals surface area (Å²) in [6.45, 7) is 26.9. The quantitative estimate of drug-likeness (QED) is 0.0538. The molecule has 1 aromatic rings. The number of allylic oxidation sites excluding steroid dienone is 1. The summed E-state index contributed by atoms with van der Waals surface area (Å²) in [6, 6.07) is 7.23. The molecule has 0 heterocycles. The van der Waals surface area contributed by atoms with E-state index in [0.717, 1.165) is 35.4 Å². The van der Waals surface area contributed by atoms with Crippen LogP contribution in [-0.4, -0.2) is 61.1 Å². The molecule has 0 fully saturated rings. The Labute approximate surface area is 301 Å². The zero-order valence-electron chi connectivity index (χ0n) is 31.9. The summed E-state index contributed by atoms with van der Waals surface area (Å²) in [7, 11) is 1.64. The molecule has 50 heavy (non-hydrogen) atoms. The van der Waals surface area contributed by atoms with Crippen molar-refractivity contribution in [3.63, 3.8) is 0 Å². The van der Waals surface area contributed by atoms with E-state index in [9.17, 15) is 14.4 Å². The van der Waals surface area contributed by atoms with Crippen molar-refractivity contribution in [3.05, 3.63) is 78.4 Å². The van der Waals surface area contributed by atoms with Gasteiger partial charge in [0.15, 0.2) is 0 Å². The van der Waals surface area contributed by atoms with Crippen molar-refractivity contribution < 1.29 is 19.1 Å². The second-order valence-corrected chi connectivity index (χ2v) is 13.8. The van der Waals surface area contributed by atoms with Crippen LogP contribution in [0, 0.1) is 0 Å². The van der Waals surface area contributed by atoms with Crippen molar-refractivity contribution in [1.29, 1.82) is 0 Å². The molecule has 0 saturated heterocycles. The highest BCUT2D eigenvalue weighted by molar-refractivity contribution is 5.78. The van der Waals surface area contributed by atoms with Gasteiger partial charge >= 0.3 is 0 Å². The molecular formula is C39H65N7O4. The number of carbonyl (C=O) groups is 3. The third kappa shape index (κ3) is 17.4. The van der Waals surface area contributed by atoms with E-state index in [2.05, 4.69) is 51.6 Å². The van der Waals surface area contributed by atoms with E-state index >= 15 is 0 Å². The first-order valence-electron chi connectivity index (χ1n) is 17.7. The summed E-state index contributed by atoms with van der Waals surface area (Å²) in [6.07, 6.45) is 6.74. The molecular weight excluding hydrogens is 630 g/mol. The molecule has 0 radical (unpaired) electrons. The van der Waals surface area contributed by atoms with E-state index in [-0.39, 0.29) is 35.7 Å². The number of rotatable bonds is 25. The lowest BCUT2D eigenvalue weighted by Gasteiger charge is -2.33. The van der Waals surface area contributed by atoms with Gasteiger partial charge in [-0.05, 0) is 83.9 Å². The summed E-state index contributed by atoms with van der Waals surface area (Å²) < 4.78 is 6.29. The van der Waals surface area contributed by atoms with Gasteiger partial charge in [-0.25, -0.2) is 0 Å². The number of carbonyl (C=O) groups excluding carboxylic acids is 3. The SMILES string of the molecule is C=C(N)NCCC[C@@H](NC(=C)[C@@H](C=C(C)C)NC(=O)CC(C)(CC)OCCC(C)(CC)NC(C)=O)C(=C)Nc1ccc(CCC(=O)NC)cc1. The van der Waals surface area contributed by atoms with Gasteiger partial charge in [0.25, 0.3) is 0 Å². The molecule has 8 N–H and O–H groups in total. The molecule has 0 aliphatic carbocycles. The number of amides is 3. The topological polar surface area (TPSA) is 159 Å². The van der Waals surface area contributed by atoms with E-state index in [1.807, 2.05) is 71.9 Å². The molecule has 0 aliphatic heterocycles. The first-order valence-corrected chi connectivity index (χ1v) is 17.7. The Morgan fingerprint density at radius 2 is 1.62 bits per heavy atom. The lowest BCUT2D eigenvalue weighted by atomic mass is 9.94. The van der Waals surface area contributed by atoms with Crippen LogP contribution >= 0.6 is 0 Å². The Bertz CT molecular complexity index is 1320. The van der Waals surface area contributed by atoms with Gasteiger partial charge in [-0.3, -0.25) is 14.4 Å². The van der Waals surface area contributed by atoms with Crippen molar-refractivity contribution in [1.82, 2.24) is 26.6 Å². The van der Waals surface area contributed by atoms with Gasteiger partial charge in [-0.2, -0.15) is 0 Å². The highest BCUT2D eigenvalue weighted by atomic mass is 16.5. The Hall–Kier alpha value is -4.25. The molecule has 0 bridgehead atoms. The second-order valence-electron chi connectivity index (χ2n) is 13.8. The monoisotopic (exact) mass is 696 g/mol. The lowest BCUT2D eigenvalue weighted by Crippen LogP contribution is -2.47. The minimum absolute atomic E-state index is 0.00698. The highest BCUT2D eigenvalue weighted by Gasteiger charge is 2.30. The molecule has 0 aromatic heterocycles. The summed E-state index contributed by atoms with van der Waals surface area (Å²) in [5.74, 6) is 0.187. The van der Waals surface area contributed by atoms with Crippen LogP contribution in [0.3, 0.4) is 0 Å². The fraction of sp³-hybridized carbons (Fsp3) is 0.564. The zero-order valence-corrected chi connectivity index (χ0v) is 31.9. The largest absolute Gasteiger partial charge is 0.386 e. The number of aryl methyl sites for hydroxylation is 1. The summed E-state index contributed by atoms with van der Waals surface area (Å²) in [5.41, 5.74) is 8.98. The molecule has 4 atom stereocenters. The fourth-order valence-electron chi connectivity index (χ4n) is 5.29. The maximum atomic E-state index is 13.5. The molecule has 1 rings (SSSR count). The number of ether oxygens (including phenoxy) is 1. The molecule has 0 spiro atoms. The standard InChI is InChI=1S/C39H65N7O4/c1-12-38(9,46-31(8)47)22-24-50-39(10,13-2)26-37(49)45-35(25-27(3)4)29(6)44-34(15-14-23-42-30(7)40)28(5)43-33-19-16-32(17-20-33)18-21-36(48)41-11/h16-17,19-20,25,34-35,42-44H,5-7,12-15,18,21-24,26,40H2,1-4,8-11H3,(H,41,48)(H,45,49)(H,46,47)/t34-,35-,38?,39?/m1/s1. The third-order valence-electron chi connectivity index (χ3n) is 8.82. The van der Waals surface area contributed by atoms with Gasteiger partial charge < -0.3 is 42.4 Å². The number of benzene rings is 1. The van der Waals surface area contributed by atoms with Crippen molar-refractivity contribution in [2.45, 2.75) is 123 Å². The molecule has 0 saturated carbocycles. The highest BCUT2D eigenvalue weighted by Crippen LogP contribution is 2.24. The molecule has 11 nitrogen and oxygen atoms in total. The van der Waals surface area contributed by atoms with Crippen molar-refractivity contribution in [3.8, 4) is 0 Å². The Morgan fingerprint density at radius 1 is 0.960 bits per heavy atom. The number of hydrogen-bond donors (Lipinski definition) is 7. The van der Waals surface area contributed by atoms with Crippen LogP contribution in [0.4, 0.5) is 5.69 Å². The minimum Gasteiger partial charge on any atom is -0.386 e. The predicted octanol–water partition coefficient (Wildman–Crippen LogP) is 5.28. The van der Waals surface area contributed by atoms with Crippen LogP contribution in [0.2, 0.25) is 0 Å². The van der Waals surface area contributed by atoms with Crippen LogP contribution in [0.25, 0.3) is 0 Å². The van der Waals surface area contributed by atoms with Crippen LogP contribution in [-0.2, 0) is 25.5 Å². The normalized spacial score (nSPS) is 14.4. The summed E-state index contributed by atoms with van der Waals surface area (Å²) >= 11 is 0. The number of hydrogen-bond acceptors (Lipinski definition) is 8. The van der Waals surface area contributed by atoms with Crippen molar-refractivity contribution in [2.75, 3.05) is 25.5 Å². The fourth-order valence-corrected chi connectivity index (χ4v) is 5.29. The van der Waals surface area contributed by atoms with Gasteiger partial charge in [-0.1, -0.05) is 57.4 Å². The molecule has 280 valence electrons. The molecule has 1 aromatic carbocycles. The lowest BCUT2D eigenvalue weighted by molar-refractivity contribution is -0.129. The first kappa shape index (κ1) is 43.8. The van der Waals surface area contributed by atoms with E-state index in [1.54, 1.807) is 7.05 Å². The molecule has 11 heteroatoms. The average molecular weight is 696 g/mol. The molecule has 2 unspecified atom stereocenters. The maximum absolute atomic E-state index is 13.5. The summed E-state index contributed by atoms with van der Waals surface area (Å²) in [5, 5.41) is 18.8. The Morgan fingerprint density at radius 3 is 2.16 bits per heavy atom. The summed E-state index contributed by atoms with van der Waals surface area (Å²) in [4.78, 5) is 36.9. The van der Waals surface area contributed by atoms with E-state index in [1.165, 1.54) is 6.92 Å². The van der Waals surface area contributed by atoms with Gasteiger partial charge in [0.2, 0.25) is 17.7 Å². The van der Waals surface area contributed by atoms with Gasteiger partial charge in [0.05, 0.1) is 29.9 Å². The third-order valence-corrected chi connectivity index (χ3v) is 8.82. The van der Waals surface area contributed by atoms with Crippen molar-refractivity contribution in [2.24, 2.45) is 5.73 Å². The Balaban J connectivity index is 3.04. The maximum Gasteiger partial charge on any atom is 0.223 e. The number of nitrogens with two attached hydrogens (primary N) is 1. The van der Waals surface area contributed by atoms with Crippen LogP contribution < -0.4 is 37.6 Å². The van der Waals surface area contributed by atoms with Crippen LogP contribution in [0.15, 0.2) is 72.9 Å². The van der Waals surface area contributed by atoms with E-state index in [4.69, 9.17) is 10.5 Å². The van der Waals surface area contributed by atoms with Crippen LogP contribution in [0.5, 0.6) is 0 Å². The van der Waals surface area contributed by atoms with Gasteiger partial charge in [0, 0.05) is 56.2 Å². The first-order chi connectivity index (χ1) is 23.4. The van der Waals surface area contributed by atoms with Crippen molar-refractivity contribution >= 4 is 23.4 Å². The van der Waals surface area contributed by atoms with Crippen LogP contribution in [0.1, 0.15) is 99.0 Å². The average Bonchev–Trinajstić information content (AvgIpc) is 3.04. The smallest absolute Gasteiger partial charge is 0.223 e. The Kier molecular flexibility index (Phi) is 19.0. The zero-order chi connectivity index (χ0) is 37.9. The number of anilines is 1. The number of nitrogens with one attached hydrogen (secondary N) is 6. The minimum atomic E-state index is -0.683. The van der Waals surface area contributed by atoms with Gasteiger partial charge in [-0.15, -0.1) is 0 Å². The molecule has 0 aliphatic rings. The van der Waals surface area contributed by atoms with E-state index in [0.29, 0.717) is 56.8 Å².